The van der Waals surface area contributed by atoms with Crippen molar-refractivity contribution in [3.8, 4) is 0 Å². The fourth-order valence-corrected chi connectivity index (χ4v) is 5.95. The molecular weight excluding hydrogens is 388 g/mol. The van der Waals surface area contributed by atoms with Crippen molar-refractivity contribution in [3.63, 3.8) is 0 Å². The van der Waals surface area contributed by atoms with Crippen LogP contribution in [0.5, 0.6) is 0 Å². The lowest BCUT2D eigenvalue weighted by Gasteiger charge is -2.44. The van der Waals surface area contributed by atoms with Gasteiger partial charge in [0.25, 0.3) is 0 Å². The molecule has 1 aliphatic heterocycles. The summed E-state index contributed by atoms with van der Waals surface area (Å²) in [5, 5.41) is 7.22. The Morgan fingerprint density at radius 3 is 2.66 bits per heavy atom. The number of benzene rings is 1. The first-order chi connectivity index (χ1) is 14.0. The number of fused-ring (bicyclic) bond motifs is 1. The van der Waals surface area contributed by atoms with Crippen molar-refractivity contribution in [2.24, 2.45) is 11.8 Å². The van der Waals surface area contributed by atoms with Gasteiger partial charge in [0.15, 0.2) is 0 Å². The Labute approximate surface area is 177 Å². The minimum absolute atomic E-state index is 0.105. The second-order valence-corrected chi connectivity index (χ2v) is 9.47. The zero-order chi connectivity index (χ0) is 20.4. The monoisotopic (exact) mass is 418 g/mol. The molecule has 4 atom stereocenters. The zero-order valence-electron chi connectivity index (χ0n) is 17.1. The largest absolute Gasteiger partial charge is 0.384 e. The summed E-state index contributed by atoms with van der Waals surface area (Å²) < 4.78 is 5.35. The van der Waals surface area contributed by atoms with Crippen molar-refractivity contribution in [1.29, 1.82) is 0 Å². The second kappa shape index (κ2) is 8.65. The number of piperidine rings is 1. The number of methoxy groups -OCH3 is 1. The van der Waals surface area contributed by atoms with E-state index in [-0.39, 0.29) is 29.8 Å². The Balaban J connectivity index is 1.45. The van der Waals surface area contributed by atoms with E-state index in [1.165, 1.54) is 0 Å². The van der Waals surface area contributed by atoms with E-state index >= 15 is 0 Å². The molecule has 1 saturated heterocycles. The molecule has 3 aliphatic rings. The van der Waals surface area contributed by atoms with E-state index < -0.39 is 5.41 Å². The Kier molecular flexibility index (Phi) is 6.16. The SMILES string of the molecule is COCC1CC(=O)NC2CC(NC(=O)C3(c4ccc(Cl)cc4)CCCC3)CCC12. The van der Waals surface area contributed by atoms with Crippen LogP contribution < -0.4 is 10.6 Å². The third kappa shape index (κ3) is 4.17. The smallest absolute Gasteiger partial charge is 0.230 e. The second-order valence-electron chi connectivity index (χ2n) is 9.04. The third-order valence-electron chi connectivity index (χ3n) is 7.31. The van der Waals surface area contributed by atoms with E-state index in [0.717, 1.165) is 50.5 Å². The summed E-state index contributed by atoms with van der Waals surface area (Å²) in [5.74, 6) is 0.966. The molecule has 0 aromatic heterocycles. The van der Waals surface area contributed by atoms with Crippen LogP contribution in [0.2, 0.25) is 5.02 Å². The average Bonchev–Trinajstić information content (AvgIpc) is 3.19. The number of hydrogen-bond donors (Lipinski definition) is 2. The van der Waals surface area contributed by atoms with Gasteiger partial charge in [-0.05, 0) is 61.6 Å². The Morgan fingerprint density at radius 2 is 1.97 bits per heavy atom. The molecule has 29 heavy (non-hydrogen) atoms. The molecule has 0 radical (unpaired) electrons. The topological polar surface area (TPSA) is 67.4 Å². The first-order valence-corrected chi connectivity index (χ1v) is 11.2. The van der Waals surface area contributed by atoms with Crippen molar-refractivity contribution in [3.05, 3.63) is 34.9 Å². The van der Waals surface area contributed by atoms with Crippen molar-refractivity contribution in [1.82, 2.24) is 10.6 Å². The first kappa shape index (κ1) is 20.7. The van der Waals surface area contributed by atoms with Crippen molar-refractivity contribution in [2.75, 3.05) is 13.7 Å². The summed E-state index contributed by atoms with van der Waals surface area (Å²) in [6.07, 6.45) is 7.22. The van der Waals surface area contributed by atoms with Crippen LogP contribution in [0, 0.1) is 11.8 Å². The number of nitrogens with one attached hydrogen (secondary N) is 2. The molecule has 2 N–H and O–H groups in total. The number of halogens is 1. The molecule has 4 unspecified atom stereocenters. The van der Waals surface area contributed by atoms with Crippen LogP contribution in [0.1, 0.15) is 56.9 Å². The molecule has 0 spiro atoms. The molecule has 2 amide bonds. The maximum atomic E-state index is 13.5. The van der Waals surface area contributed by atoms with Crippen LogP contribution in [-0.4, -0.2) is 37.6 Å². The molecule has 1 aromatic carbocycles. The normalized spacial score (nSPS) is 31.0. The van der Waals surface area contributed by atoms with Crippen molar-refractivity contribution >= 4 is 23.4 Å². The van der Waals surface area contributed by atoms with E-state index in [4.69, 9.17) is 16.3 Å². The highest BCUT2D eigenvalue weighted by molar-refractivity contribution is 6.30. The van der Waals surface area contributed by atoms with Gasteiger partial charge >= 0.3 is 0 Å². The summed E-state index contributed by atoms with van der Waals surface area (Å²) in [5.41, 5.74) is 0.618. The molecular formula is C23H31ClN2O3. The predicted octanol–water partition coefficient (Wildman–Crippen LogP) is 3.59. The molecule has 6 heteroatoms. The quantitative estimate of drug-likeness (QED) is 0.767. The van der Waals surface area contributed by atoms with Gasteiger partial charge in [-0.3, -0.25) is 9.59 Å². The van der Waals surface area contributed by atoms with Crippen LogP contribution in [0.15, 0.2) is 24.3 Å². The maximum absolute atomic E-state index is 13.5. The molecule has 1 aromatic rings. The van der Waals surface area contributed by atoms with Crippen LogP contribution in [0.25, 0.3) is 0 Å². The number of hydrogen-bond acceptors (Lipinski definition) is 3. The van der Waals surface area contributed by atoms with E-state index in [0.29, 0.717) is 24.0 Å². The number of rotatable bonds is 5. The van der Waals surface area contributed by atoms with Gasteiger partial charge in [-0.1, -0.05) is 36.6 Å². The molecule has 0 bridgehead atoms. The first-order valence-electron chi connectivity index (χ1n) is 10.9. The van der Waals surface area contributed by atoms with E-state index in [9.17, 15) is 9.59 Å². The lowest BCUT2D eigenvalue weighted by molar-refractivity contribution is -0.129. The average molecular weight is 419 g/mol. The Morgan fingerprint density at radius 1 is 1.24 bits per heavy atom. The Bertz CT molecular complexity index is 745. The van der Waals surface area contributed by atoms with Gasteiger partial charge in [-0.15, -0.1) is 0 Å². The minimum atomic E-state index is -0.449. The summed E-state index contributed by atoms with van der Waals surface area (Å²) in [7, 11) is 1.70. The highest BCUT2D eigenvalue weighted by Crippen LogP contribution is 2.42. The van der Waals surface area contributed by atoms with Gasteiger partial charge in [0.1, 0.15) is 0 Å². The van der Waals surface area contributed by atoms with Crippen LogP contribution in [0.4, 0.5) is 0 Å². The third-order valence-corrected chi connectivity index (χ3v) is 7.56. The fraction of sp³-hybridized carbons (Fsp3) is 0.652. The molecule has 2 saturated carbocycles. The fourth-order valence-electron chi connectivity index (χ4n) is 5.82. The maximum Gasteiger partial charge on any atom is 0.230 e. The zero-order valence-corrected chi connectivity index (χ0v) is 17.8. The van der Waals surface area contributed by atoms with Crippen LogP contribution in [-0.2, 0) is 19.7 Å². The number of carbonyl (C=O) groups excluding carboxylic acids is 2. The summed E-state index contributed by atoms with van der Waals surface area (Å²) in [6, 6.07) is 7.99. The van der Waals surface area contributed by atoms with Crippen molar-refractivity contribution in [2.45, 2.75) is 68.9 Å². The van der Waals surface area contributed by atoms with Gasteiger partial charge in [0, 0.05) is 37.2 Å². The lowest BCUT2D eigenvalue weighted by Crippen LogP contribution is -2.57. The highest BCUT2D eigenvalue weighted by Gasteiger charge is 2.45. The van der Waals surface area contributed by atoms with Gasteiger partial charge in [0.2, 0.25) is 11.8 Å². The molecule has 2 aliphatic carbocycles. The van der Waals surface area contributed by atoms with E-state index in [1.807, 2.05) is 24.3 Å². The van der Waals surface area contributed by atoms with E-state index in [1.54, 1.807) is 7.11 Å². The number of amides is 2. The van der Waals surface area contributed by atoms with Crippen molar-refractivity contribution < 1.29 is 14.3 Å². The molecule has 158 valence electrons. The predicted molar refractivity (Wildman–Crippen MR) is 113 cm³/mol. The van der Waals surface area contributed by atoms with Gasteiger partial charge in [-0.2, -0.15) is 0 Å². The molecule has 3 fully saturated rings. The molecule has 5 nitrogen and oxygen atoms in total. The summed E-state index contributed by atoms with van der Waals surface area (Å²) >= 11 is 6.07. The standard InChI is InChI=1S/C23H31ClN2O3/c1-29-14-15-12-21(27)26-20-13-18(8-9-19(15)20)25-22(28)23(10-2-3-11-23)16-4-6-17(24)7-5-16/h4-7,15,18-20H,2-3,8-14H2,1H3,(H,25,28)(H,26,27). The number of ether oxygens (including phenoxy) is 1. The molecule has 1 heterocycles. The minimum Gasteiger partial charge on any atom is -0.384 e. The van der Waals surface area contributed by atoms with Gasteiger partial charge in [0.05, 0.1) is 5.41 Å². The molecule has 4 rings (SSSR count). The van der Waals surface area contributed by atoms with Gasteiger partial charge in [-0.25, -0.2) is 0 Å². The van der Waals surface area contributed by atoms with E-state index in [2.05, 4.69) is 10.6 Å². The lowest BCUT2D eigenvalue weighted by atomic mass is 9.71. The van der Waals surface area contributed by atoms with Crippen LogP contribution in [0.3, 0.4) is 0 Å². The van der Waals surface area contributed by atoms with Gasteiger partial charge < -0.3 is 15.4 Å². The summed E-state index contributed by atoms with van der Waals surface area (Å²) in [6.45, 7) is 0.630. The highest BCUT2D eigenvalue weighted by atomic mass is 35.5. The number of carbonyl (C=O) groups is 2. The Hall–Kier alpha value is -1.59. The summed E-state index contributed by atoms with van der Waals surface area (Å²) in [4.78, 5) is 25.6. The van der Waals surface area contributed by atoms with Crippen LogP contribution >= 0.6 is 11.6 Å².